The highest BCUT2D eigenvalue weighted by Crippen LogP contribution is 2.38. The van der Waals surface area contributed by atoms with E-state index in [9.17, 15) is 9.18 Å². The number of rotatable bonds is 5. The molecule has 0 atom stereocenters. The summed E-state index contributed by atoms with van der Waals surface area (Å²) in [6.07, 6.45) is 5.96. The Hall–Kier alpha value is -3.10. The normalized spacial score (nSPS) is 17.6. The molecule has 3 heterocycles. The van der Waals surface area contributed by atoms with Crippen LogP contribution in [0.4, 0.5) is 4.39 Å². The molecule has 2 aromatic heterocycles. The van der Waals surface area contributed by atoms with E-state index in [2.05, 4.69) is 20.5 Å². The summed E-state index contributed by atoms with van der Waals surface area (Å²) in [7, 11) is 0. The first-order valence-electron chi connectivity index (χ1n) is 9.94. The van der Waals surface area contributed by atoms with Crippen LogP contribution in [0, 0.1) is 5.82 Å². The van der Waals surface area contributed by atoms with Crippen LogP contribution in [0.5, 0.6) is 0 Å². The summed E-state index contributed by atoms with van der Waals surface area (Å²) < 4.78 is 20.2. The molecule has 150 valence electrons. The minimum atomic E-state index is -0.293. The Bertz CT molecular complexity index is 1000. The number of piperidine rings is 1. The molecule has 1 aliphatic carbocycles. The van der Waals surface area contributed by atoms with Gasteiger partial charge in [-0.3, -0.25) is 4.79 Å². The minimum Gasteiger partial charge on any atom is -0.342 e. The minimum absolute atomic E-state index is 0.0628. The maximum Gasteiger partial charge on any atom is 0.280 e. The molecule has 9 heteroatoms. The quantitative estimate of drug-likeness (QED) is 0.659. The lowest BCUT2D eigenvalue weighted by atomic mass is 10.0. The van der Waals surface area contributed by atoms with Crippen molar-refractivity contribution in [2.75, 3.05) is 13.1 Å². The van der Waals surface area contributed by atoms with Gasteiger partial charge >= 0.3 is 0 Å². The van der Waals surface area contributed by atoms with Crippen molar-refractivity contribution in [3.05, 3.63) is 47.7 Å². The summed E-state index contributed by atoms with van der Waals surface area (Å²) in [6.45, 7) is 1.32. The number of hydrogen-bond donors (Lipinski definition) is 0. The Kier molecular flexibility index (Phi) is 4.57. The zero-order valence-electron chi connectivity index (χ0n) is 15.9. The third-order valence-corrected chi connectivity index (χ3v) is 5.57. The summed E-state index contributed by atoms with van der Waals surface area (Å²) in [6, 6.07) is 6.26. The molecular formula is C20H21FN6O2. The summed E-state index contributed by atoms with van der Waals surface area (Å²) >= 11 is 0. The van der Waals surface area contributed by atoms with Crippen molar-refractivity contribution in [2.45, 2.75) is 44.1 Å². The van der Waals surface area contributed by atoms with Gasteiger partial charge in [-0.05, 0) is 43.4 Å². The van der Waals surface area contributed by atoms with Crippen LogP contribution in [0.3, 0.4) is 0 Å². The fourth-order valence-corrected chi connectivity index (χ4v) is 3.67. The largest absolute Gasteiger partial charge is 0.342 e. The molecule has 5 rings (SSSR count). The number of halogens is 1. The number of nitrogens with zero attached hydrogens (tertiary/aromatic N) is 6. The average Bonchev–Trinajstić information content (AvgIpc) is 3.27. The fourth-order valence-electron chi connectivity index (χ4n) is 3.67. The number of hydrogen-bond acceptors (Lipinski definition) is 6. The standard InChI is InChI=1S/C20H21FN6O2/c21-15-5-1-13(2-6-15)11-18(28)26-9-7-16(8-10-26)27-12-17(23-25-27)20-22-19(24-29-20)14-3-4-14/h1-2,5-6,12,14,16H,3-4,7-11H2. The van der Waals surface area contributed by atoms with Gasteiger partial charge in [-0.2, -0.15) is 4.98 Å². The lowest BCUT2D eigenvalue weighted by Gasteiger charge is -2.32. The van der Waals surface area contributed by atoms with Crippen molar-refractivity contribution >= 4 is 5.91 Å². The molecule has 0 N–H and O–H groups in total. The Labute approximate surface area is 166 Å². The van der Waals surface area contributed by atoms with E-state index < -0.39 is 0 Å². The number of likely N-dealkylation sites (tertiary alicyclic amines) is 1. The molecule has 0 unspecified atom stereocenters. The number of carbonyl (C=O) groups excluding carboxylic acids is 1. The average molecular weight is 396 g/mol. The monoisotopic (exact) mass is 396 g/mol. The molecular weight excluding hydrogens is 375 g/mol. The molecule has 2 fully saturated rings. The van der Waals surface area contributed by atoms with E-state index in [4.69, 9.17) is 4.52 Å². The van der Waals surface area contributed by atoms with E-state index in [0.717, 1.165) is 37.1 Å². The maximum atomic E-state index is 13.0. The Morgan fingerprint density at radius 1 is 1.14 bits per heavy atom. The van der Waals surface area contributed by atoms with Gasteiger partial charge in [0.1, 0.15) is 5.82 Å². The van der Waals surface area contributed by atoms with Crippen molar-refractivity contribution < 1.29 is 13.7 Å². The zero-order chi connectivity index (χ0) is 19.8. The summed E-state index contributed by atoms with van der Waals surface area (Å²) in [5, 5.41) is 12.4. The second kappa shape index (κ2) is 7.38. The van der Waals surface area contributed by atoms with Crippen molar-refractivity contribution in [2.24, 2.45) is 0 Å². The summed E-state index contributed by atoms with van der Waals surface area (Å²) in [5.41, 5.74) is 1.41. The predicted octanol–water partition coefficient (Wildman–Crippen LogP) is 2.75. The SMILES string of the molecule is O=C(Cc1ccc(F)cc1)N1CCC(n2cc(-c3nc(C4CC4)no3)nn2)CC1. The Balaban J connectivity index is 1.18. The van der Waals surface area contributed by atoms with E-state index >= 15 is 0 Å². The molecule has 0 radical (unpaired) electrons. The van der Waals surface area contributed by atoms with Crippen LogP contribution in [0.25, 0.3) is 11.6 Å². The highest BCUT2D eigenvalue weighted by molar-refractivity contribution is 5.78. The zero-order valence-corrected chi connectivity index (χ0v) is 15.9. The molecule has 1 aliphatic heterocycles. The first-order chi connectivity index (χ1) is 14.2. The third-order valence-electron chi connectivity index (χ3n) is 5.57. The van der Waals surface area contributed by atoms with Gasteiger partial charge in [0.25, 0.3) is 5.89 Å². The van der Waals surface area contributed by atoms with Crippen molar-refractivity contribution in [1.82, 2.24) is 30.0 Å². The van der Waals surface area contributed by atoms with Crippen molar-refractivity contribution in [3.63, 3.8) is 0 Å². The van der Waals surface area contributed by atoms with Crippen molar-refractivity contribution in [3.8, 4) is 11.6 Å². The van der Waals surface area contributed by atoms with Gasteiger partial charge in [0.2, 0.25) is 5.91 Å². The second-order valence-electron chi connectivity index (χ2n) is 7.73. The summed E-state index contributed by atoms with van der Waals surface area (Å²) in [4.78, 5) is 18.8. The number of benzene rings is 1. The molecule has 2 aliphatic rings. The predicted molar refractivity (Wildman–Crippen MR) is 100 cm³/mol. The Morgan fingerprint density at radius 3 is 2.62 bits per heavy atom. The molecule has 0 bridgehead atoms. The molecule has 29 heavy (non-hydrogen) atoms. The van der Waals surface area contributed by atoms with Crippen LogP contribution < -0.4 is 0 Å². The van der Waals surface area contributed by atoms with Crippen LogP contribution in [-0.2, 0) is 11.2 Å². The maximum absolute atomic E-state index is 13.0. The molecule has 1 saturated heterocycles. The van der Waals surface area contributed by atoms with Crippen molar-refractivity contribution in [1.29, 1.82) is 0 Å². The van der Waals surface area contributed by atoms with Gasteiger partial charge in [0, 0.05) is 19.0 Å². The van der Waals surface area contributed by atoms with E-state index in [-0.39, 0.29) is 17.8 Å². The highest BCUT2D eigenvalue weighted by atomic mass is 19.1. The number of aromatic nitrogens is 5. The number of carbonyl (C=O) groups is 1. The van der Waals surface area contributed by atoms with Gasteiger partial charge in [-0.15, -0.1) is 5.10 Å². The van der Waals surface area contributed by atoms with Gasteiger partial charge in [0.15, 0.2) is 11.5 Å². The lowest BCUT2D eigenvalue weighted by Crippen LogP contribution is -2.40. The van der Waals surface area contributed by atoms with Crippen LogP contribution in [0.2, 0.25) is 0 Å². The van der Waals surface area contributed by atoms with E-state index in [1.165, 1.54) is 12.1 Å². The van der Waals surface area contributed by atoms with Crippen LogP contribution in [0.1, 0.15) is 49.0 Å². The lowest BCUT2D eigenvalue weighted by molar-refractivity contribution is -0.131. The molecule has 1 amide bonds. The van der Waals surface area contributed by atoms with E-state index in [1.807, 2.05) is 15.8 Å². The van der Waals surface area contributed by atoms with Crippen LogP contribution in [0.15, 0.2) is 35.0 Å². The summed E-state index contributed by atoms with van der Waals surface area (Å²) in [5.74, 6) is 1.36. The molecule has 1 saturated carbocycles. The van der Waals surface area contributed by atoms with E-state index in [0.29, 0.717) is 37.0 Å². The molecule has 3 aromatic rings. The van der Waals surface area contributed by atoms with Gasteiger partial charge in [-0.1, -0.05) is 22.5 Å². The molecule has 8 nitrogen and oxygen atoms in total. The Morgan fingerprint density at radius 2 is 1.90 bits per heavy atom. The highest BCUT2D eigenvalue weighted by Gasteiger charge is 2.30. The third kappa shape index (κ3) is 3.90. The number of amides is 1. The second-order valence-corrected chi connectivity index (χ2v) is 7.73. The van der Waals surface area contributed by atoms with Crippen LogP contribution in [-0.4, -0.2) is 49.0 Å². The molecule has 1 aromatic carbocycles. The smallest absolute Gasteiger partial charge is 0.280 e. The van der Waals surface area contributed by atoms with Gasteiger partial charge in [0.05, 0.1) is 18.7 Å². The van der Waals surface area contributed by atoms with Crippen LogP contribution >= 0.6 is 0 Å². The molecule has 0 spiro atoms. The topological polar surface area (TPSA) is 89.9 Å². The van der Waals surface area contributed by atoms with Gasteiger partial charge in [-0.25, -0.2) is 9.07 Å². The first kappa shape index (κ1) is 18.0. The first-order valence-corrected chi connectivity index (χ1v) is 9.94. The van der Waals surface area contributed by atoms with Gasteiger partial charge < -0.3 is 9.42 Å². The fraction of sp³-hybridized carbons (Fsp3) is 0.450. The van der Waals surface area contributed by atoms with E-state index in [1.54, 1.807) is 12.1 Å².